The molecule has 2 saturated carbocycles. The first-order chi connectivity index (χ1) is 18.9. The number of nitrogens with zero attached hydrogens (tertiary/aromatic N) is 1. The zero-order valence-corrected chi connectivity index (χ0v) is 22.2. The molecule has 2 aromatic carbocycles. The number of ketones is 2. The molecule has 5 rings (SSSR count). The molecule has 2 aromatic rings. The summed E-state index contributed by atoms with van der Waals surface area (Å²) in [4.78, 5) is 41.0. The minimum absolute atomic E-state index is 0.00186. The molecule has 10 heteroatoms. The summed E-state index contributed by atoms with van der Waals surface area (Å²) in [6.45, 7) is 0. The van der Waals surface area contributed by atoms with E-state index in [0.29, 0.717) is 22.4 Å². The summed E-state index contributed by atoms with van der Waals surface area (Å²) in [7, 11) is 4.77. The molecule has 3 aliphatic rings. The first-order valence-corrected chi connectivity index (χ1v) is 12.8. The van der Waals surface area contributed by atoms with Gasteiger partial charge in [-0.1, -0.05) is 17.9 Å². The highest BCUT2D eigenvalue weighted by atomic mass is 16.5. The number of likely N-dealkylation sites (N-methyl/N-ethyl adjacent to an activating group) is 1. The number of aromatic hydroxyl groups is 1. The standard InChI is InChI=1S/C30H30N2O8/c1-32(2)24-19-13-16-12-18-15(8-7-14-5-4-6-17(11-14)40-3)9-10-20(33)22(18)25(34)21(16)27(36)30(19,39)28(37)23(26(24)35)29(31)38/h4-6,9-11,16,19,23-24,26,33-35,39H,12-13H2,1-3H3,(H2,31,38)/t16-,19-,23?,24-,26?,30-/m1/s1. The second kappa shape index (κ2) is 9.78. The average molecular weight is 547 g/mol. The molecule has 208 valence electrons. The highest BCUT2D eigenvalue weighted by Crippen LogP contribution is 2.52. The number of ether oxygens (including phenoxy) is 1. The molecule has 6 N–H and O–H groups in total. The normalized spacial score (nSPS) is 29.2. The lowest BCUT2D eigenvalue weighted by Crippen LogP contribution is -2.73. The van der Waals surface area contributed by atoms with E-state index >= 15 is 0 Å². The van der Waals surface area contributed by atoms with Gasteiger partial charge in [0, 0.05) is 28.7 Å². The van der Waals surface area contributed by atoms with Crippen LogP contribution in [0.2, 0.25) is 0 Å². The van der Waals surface area contributed by atoms with E-state index < -0.39 is 58.7 Å². The number of hydrogen-bond donors (Lipinski definition) is 5. The third-order valence-corrected chi connectivity index (χ3v) is 8.38. The Morgan fingerprint density at radius 2 is 1.88 bits per heavy atom. The maximum Gasteiger partial charge on any atom is 0.230 e. The van der Waals surface area contributed by atoms with Crippen LogP contribution >= 0.6 is 0 Å². The van der Waals surface area contributed by atoms with Crippen molar-refractivity contribution in [1.29, 1.82) is 0 Å². The number of aliphatic hydroxyl groups excluding tert-OH is 2. The third-order valence-electron chi connectivity index (χ3n) is 8.38. The molecule has 40 heavy (non-hydrogen) atoms. The topological polar surface area (TPSA) is 171 Å². The predicted octanol–water partition coefficient (Wildman–Crippen LogP) is 0.537. The Balaban J connectivity index is 1.64. The summed E-state index contributed by atoms with van der Waals surface area (Å²) in [5.41, 5.74) is 4.23. The van der Waals surface area contributed by atoms with Crippen molar-refractivity contribution >= 4 is 23.2 Å². The molecule has 3 aliphatic carbocycles. The molecule has 0 radical (unpaired) electrons. The molecular weight excluding hydrogens is 516 g/mol. The fraction of sp³-hybridized carbons (Fsp3) is 0.367. The number of primary amides is 1. The Hall–Kier alpha value is -4.17. The van der Waals surface area contributed by atoms with Crippen LogP contribution < -0.4 is 10.5 Å². The van der Waals surface area contributed by atoms with Crippen molar-refractivity contribution in [3.05, 3.63) is 64.2 Å². The maximum atomic E-state index is 13.9. The number of nitrogens with two attached hydrogens (primary N) is 1. The van der Waals surface area contributed by atoms with Gasteiger partial charge in [0.15, 0.2) is 11.4 Å². The zero-order valence-electron chi connectivity index (χ0n) is 22.2. The molecule has 2 fully saturated rings. The molecule has 1 amide bonds. The van der Waals surface area contributed by atoms with Crippen molar-refractivity contribution in [1.82, 2.24) is 4.90 Å². The number of phenolic OH excluding ortho intramolecular Hbond substituents is 1. The van der Waals surface area contributed by atoms with E-state index in [1.165, 1.54) is 6.07 Å². The Morgan fingerprint density at radius 3 is 2.52 bits per heavy atom. The van der Waals surface area contributed by atoms with Crippen LogP contribution in [0.15, 0.2) is 42.0 Å². The molecule has 0 aliphatic heterocycles. The van der Waals surface area contributed by atoms with Crippen LogP contribution in [0.1, 0.15) is 28.7 Å². The molecule has 2 unspecified atom stereocenters. The number of rotatable bonds is 3. The molecule has 10 nitrogen and oxygen atoms in total. The minimum atomic E-state index is -2.69. The summed E-state index contributed by atoms with van der Waals surface area (Å²) >= 11 is 0. The van der Waals surface area contributed by atoms with Crippen molar-refractivity contribution in [3.63, 3.8) is 0 Å². The van der Waals surface area contributed by atoms with E-state index in [0.717, 1.165) is 0 Å². The molecule has 0 heterocycles. The number of carbonyl (C=O) groups excluding carboxylic acids is 3. The first kappa shape index (κ1) is 27.4. The van der Waals surface area contributed by atoms with Crippen LogP contribution in [0, 0.1) is 29.6 Å². The number of fused-ring (bicyclic) bond motifs is 3. The Kier molecular flexibility index (Phi) is 6.70. The van der Waals surface area contributed by atoms with Crippen LogP contribution in [0.25, 0.3) is 5.76 Å². The van der Waals surface area contributed by atoms with Gasteiger partial charge >= 0.3 is 0 Å². The Labute approximate surface area is 230 Å². The number of aliphatic hydroxyl groups is 3. The average Bonchev–Trinajstić information content (AvgIpc) is 2.90. The maximum absolute atomic E-state index is 13.9. The fourth-order valence-corrected chi connectivity index (χ4v) is 6.56. The highest BCUT2D eigenvalue weighted by molar-refractivity contribution is 6.25. The van der Waals surface area contributed by atoms with E-state index in [-0.39, 0.29) is 29.7 Å². The van der Waals surface area contributed by atoms with Gasteiger partial charge in [-0.2, -0.15) is 0 Å². The summed E-state index contributed by atoms with van der Waals surface area (Å²) in [5, 5.41) is 44.7. The molecule has 0 bridgehead atoms. The van der Waals surface area contributed by atoms with E-state index in [2.05, 4.69) is 11.8 Å². The number of amides is 1. The summed E-state index contributed by atoms with van der Waals surface area (Å²) < 4.78 is 5.24. The molecule has 0 spiro atoms. The molecule has 6 atom stereocenters. The number of methoxy groups -OCH3 is 1. The lowest BCUT2D eigenvalue weighted by molar-refractivity contribution is -0.184. The van der Waals surface area contributed by atoms with Gasteiger partial charge in [-0.25, -0.2) is 0 Å². The van der Waals surface area contributed by atoms with Crippen LogP contribution in [0.4, 0.5) is 0 Å². The zero-order chi connectivity index (χ0) is 29.1. The van der Waals surface area contributed by atoms with E-state index in [1.807, 2.05) is 6.07 Å². The van der Waals surface area contributed by atoms with Gasteiger partial charge in [-0.3, -0.25) is 14.4 Å². The fourth-order valence-electron chi connectivity index (χ4n) is 6.56. The predicted molar refractivity (Wildman–Crippen MR) is 143 cm³/mol. The Morgan fingerprint density at radius 1 is 1.15 bits per heavy atom. The highest BCUT2D eigenvalue weighted by Gasteiger charge is 2.67. The molecular formula is C30H30N2O8. The molecule has 0 saturated heterocycles. The second-order valence-corrected chi connectivity index (χ2v) is 10.8. The second-order valence-electron chi connectivity index (χ2n) is 10.8. The van der Waals surface area contributed by atoms with Crippen LogP contribution in [-0.4, -0.2) is 81.8 Å². The van der Waals surface area contributed by atoms with Gasteiger partial charge < -0.3 is 35.8 Å². The lowest BCUT2D eigenvalue weighted by Gasteiger charge is -2.53. The van der Waals surface area contributed by atoms with E-state index in [9.17, 15) is 34.8 Å². The van der Waals surface area contributed by atoms with Gasteiger partial charge in [0.2, 0.25) is 11.7 Å². The van der Waals surface area contributed by atoms with Crippen LogP contribution in [0.5, 0.6) is 11.5 Å². The van der Waals surface area contributed by atoms with Gasteiger partial charge in [0.25, 0.3) is 0 Å². The quantitative estimate of drug-likeness (QED) is 0.272. The minimum Gasteiger partial charge on any atom is -0.507 e. The summed E-state index contributed by atoms with van der Waals surface area (Å²) in [6.07, 6.45) is -1.33. The lowest BCUT2D eigenvalue weighted by atomic mass is 9.54. The van der Waals surface area contributed by atoms with Gasteiger partial charge in [0.1, 0.15) is 23.2 Å². The van der Waals surface area contributed by atoms with Gasteiger partial charge in [-0.15, -0.1) is 0 Å². The van der Waals surface area contributed by atoms with Gasteiger partial charge in [-0.05, 0) is 68.8 Å². The number of carbonyl (C=O) groups is 3. The first-order valence-electron chi connectivity index (χ1n) is 12.8. The van der Waals surface area contributed by atoms with Crippen molar-refractivity contribution < 1.29 is 39.5 Å². The number of phenols is 1. The number of Topliss-reactive ketones (excluding diaryl/α,β-unsaturated/α-hetero) is 2. The van der Waals surface area contributed by atoms with Crippen molar-refractivity contribution in [3.8, 4) is 23.3 Å². The summed E-state index contributed by atoms with van der Waals surface area (Å²) in [5.74, 6) is -1.02. The van der Waals surface area contributed by atoms with Crippen molar-refractivity contribution in [2.24, 2.45) is 23.5 Å². The van der Waals surface area contributed by atoms with Crippen molar-refractivity contribution in [2.45, 2.75) is 30.6 Å². The van der Waals surface area contributed by atoms with Crippen molar-refractivity contribution in [2.75, 3.05) is 21.2 Å². The Bertz CT molecular complexity index is 1530. The largest absolute Gasteiger partial charge is 0.507 e. The number of hydrogen-bond acceptors (Lipinski definition) is 9. The van der Waals surface area contributed by atoms with E-state index in [1.54, 1.807) is 50.4 Å². The molecule has 0 aromatic heterocycles. The van der Waals surface area contributed by atoms with Gasteiger partial charge in [0.05, 0.1) is 18.8 Å². The summed E-state index contributed by atoms with van der Waals surface area (Å²) in [6, 6.07) is 9.18. The monoisotopic (exact) mass is 546 g/mol. The smallest absolute Gasteiger partial charge is 0.230 e. The van der Waals surface area contributed by atoms with Crippen LogP contribution in [0.3, 0.4) is 0 Å². The van der Waals surface area contributed by atoms with Crippen LogP contribution in [-0.2, 0) is 20.8 Å². The number of benzene rings is 2. The van der Waals surface area contributed by atoms with E-state index in [4.69, 9.17) is 10.5 Å². The SMILES string of the molecule is COc1cccc(C#Cc2ccc(O)c3c2C[C@@H]2C[C@@H]4[C@@H](N(C)C)C(O)C(C(N)=O)C(=O)[C@]4(O)C(=O)C2=C3O)c1. The third kappa shape index (κ3) is 3.97.